The minimum Gasteiger partial charge on any atom is -0.494 e. The molecule has 0 unspecified atom stereocenters. The van der Waals surface area contributed by atoms with Crippen LogP contribution < -0.4 is 9.04 Å². The first kappa shape index (κ1) is 21.9. The van der Waals surface area contributed by atoms with Gasteiger partial charge in [0, 0.05) is 31.3 Å². The van der Waals surface area contributed by atoms with E-state index in [1.165, 1.54) is 16.4 Å². The average molecular weight is 451 g/mol. The van der Waals surface area contributed by atoms with Gasteiger partial charge in [-0.25, -0.2) is 8.42 Å². The number of sulfonamides is 1. The van der Waals surface area contributed by atoms with Crippen LogP contribution in [0.5, 0.6) is 5.75 Å². The number of ether oxygens (including phenoxy) is 1. The molecule has 3 aromatic rings. The molecule has 0 spiro atoms. The molecule has 0 bridgehead atoms. The number of hydrogen-bond donors (Lipinski definition) is 0. The molecular formula is C25H26N2O4S. The molecule has 32 heavy (non-hydrogen) atoms. The van der Waals surface area contributed by atoms with Gasteiger partial charge in [0.1, 0.15) is 5.75 Å². The normalized spacial score (nSPS) is 13.0. The van der Waals surface area contributed by atoms with Crippen molar-refractivity contribution in [3.63, 3.8) is 0 Å². The summed E-state index contributed by atoms with van der Waals surface area (Å²) in [5, 5.41) is 0. The second-order valence-corrected chi connectivity index (χ2v) is 9.55. The summed E-state index contributed by atoms with van der Waals surface area (Å²) < 4.78 is 33.7. The summed E-state index contributed by atoms with van der Waals surface area (Å²) in [6.07, 6.45) is 0.677. The maximum atomic E-state index is 13.3. The highest BCUT2D eigenvalue weighted by Crippen LogP contribution is 2.33. The minimum atomic E-state index is -3.76. The summed E-state index contributed by atoms with van der Waals surface area (Å²) in [7, 11) is -2.07. The number of amides is 1. The van der Waals surface area contributed by atoms with Crippen LogP contribution in [0.1, 0.15) is 28.4 Å². The summed E-state index contributed by atoms with van der Waals surface area (Å²) in [6, 6.07) is 21.3. The van der Waals surface area contributed by atoms with Crippen LogP contribution in [0.15, 0.2) is 77.7 Å². The first-order chi connectivity index (χ1) is 15.4. The number of para-hydroxylation sites is 2. The van der Waals surface area contributed by atoms with E-state index in [9.17, 15) is 13.2 Å². The van der Waals surface area contributed by atoms with Crippen LogP contribution in [0, 0.1) is 0 Å². The van der Waals surface area contributed by atoms with Gasteiger partial charge in [-0.2, -0.15) is 0 Å². The van der Waals surface area contributed by atoms with E-state index in [1.807, 2.05) is 55.5 Å². The second kappa shape index (κ2) is 9.04. The largest absolute Gasteiger partial charge is 0.494 e. The van der Waals surface area contributed by atoms with Gasteiger partial charge in [0.2, 0.25) is 0 Å². The molecule has 0 fully saturated rings. The molecule has 0 atom stereocenters. The third kappa shape index (κ3) is 4.21. The quantitative estimate of drug-likeness (QED) is 0.543. The Labute approximate surface area is 189 Å². The van der Waals surface area contributed by atoms with Crippen molar-refractivity contribution >= 4 is 21.6 Å². The molecule has 7 heteroatoms. The minimum absolute atomic E-state index is 0.114. The van der Waals surface area contributed by atoms with Crippen molar-refractivity contribution in [3.05, 3.63) is 89.5 Å². The van der Waals surface area contributed by atoms with Gasteiger partial charge in [-0.1, -0.05) is 42.5 Å². The summed E-state index contributed by atoms with van der Waals surface area (Å²) >= 11 is 0. The summed E-state index contributed by atoms with van der Waals surface area (Å²) in [5.41, 5.74) is 2.93. The fraction of sp³-hybridized carbons (Fsp3) is 0.240. The maximum Gasteiger partial charge on any atom is 0.264 e. The van der Waals surface area contributed by atoms with Crippen LogP contribution in [0.2, 0.25) is 0 Å². The Balaban J connectivity index is 1.57. The van der Waals surface area contributed by atoms with Crippen molar-refractivity contribution in [3.8, 4) is 5.75 Å². The molecule has 1 aliphatic rings. The highest BCUT2D eigenvalue weighted by molar-refractivity contribution is 7.92. The monoisotopic (exact) mass is 450 g/mol. The Hall–Kier alpha value is -3.32. The lowest BCUT2D eigenvalue weighted by Gasteiger charge is -2.21. The number of carbonyl (C=O) groups is 1. The molecular weight excluding hydrogens is 424 g/mol. The Morgan fingerprint density at radius 2 is 1.78 bits per heavy atom. The molecule has 0 aliphatic carbocycles. The number of benzene rings is 3. The van der Waals surface area contributed by atoms with E-state index < -0.39 is 10.0 Å². The van der Waals surface area contributed by atoms with Crippen LogP contribution >= 0.6 is 0 Å². The van der Waals surface area contributed by atoms with E-state index in [0.717, 1.165) is 16.9 Å². The van der Waals surface area contributed by atoms with Crippen LogP contribution in [0.3, 0.4) is 0 Å². The highest BCUT2D eigenvalue weighted by Gasteiger charge is 2.31. The van der Waals surface area contributed by atoms with Crippen molar-refractivity contribution in [2.24, 2.45) is 0 Å². The standard InChI is InChI=1S/C25H26N2O4S/c1-3-31-24-14-7-5-10-21(24)18-26(2)25(28)20-11-8-12-22(17-20)32(29,30)27-16-15-19-9-4-6-13-23(19)27/h4-14,17H,3,15-16,18H2,1-2H3. The van der Waals surface area contributed by atoms with E-state index in [4.69, 9.17) is 4.74 Å². The van der Waals surface area contributed by atoms with Gasteiger partial charge in [0.05, 0.1) is 17.2 Å². The number of anilines is 1. The van der Waals surface area contributed by atoms with Crippen molar-refractivity contribution in [2.75, 3.05) is 24.5 Å². The number of carbonyl (C=O) groups excluding carboxylic acids is 1. The maximum absolute atomic E-state index is 13.3. The molecule has 1 aliphatic heterocycles. The van der Waals surface area contributed by atoms with Crippen LogP contribution in [-0.4, -0.2) is 39.4 Å². The van der Waals surface area contributed by atoms with Crippen LogP contribution in [-0.2, 0) is 23.0 Å². The first-order valence-electron chi connectivity index (χ1n) is 10.6. The van der Waals surface area contributed by atoms with Gasteiger partial charge in [0.25, 0.3) is 15.9 Å². The third-order valence-corrected chi connectivity index (χ3v) is 7.35. The predicted molar refractivity (Wildman–Crippen MR) is 125 cm³/mol. The van der Waals surface area contributed by atoms with Gasteiger partial charge in [-0.3, -0.25) is 9.10 Å². The Bertz CT molecular complexity index is 1240. The van der Waals surface area contributed by atoms with E-state index in [1.54, 1.807) is 24.1 Å². The fourth-order valence-corrected chi connectivity index (χ4v) is 5.50. The first-order valence-corrected chi connectivity index (χ1v) is 12.0. The smallest absolute Gasteiger partial charge is 0.264 e. The molecule has 1 amide bonds. The van der Waals surface area contributed by atoms with E-state index in [0.29, 0.717) is 37.4 Å². The third-order valence-electron chi connectivity index (χ3n) is 5.54. The second-order valence-electron chi connectivity index (χ2n) is 7.69. The number of hydrogen-bond acceptors (Lipinski definition) is 4. The van der Waals surface area contributed by atoms with E-state index in [2.05, 4.69) is 0 Å². The molecule has 4 rings (SSSR count). The summed E-state index contributed by atoms with van der Waals surface area (Å²) in [6.45, 7) is 3.20. The molecule has 0 saturated carbocycles. The lowest BCUT2D eigenvalue weighted by Crippen LogP contribution is -2.30. The molecule has 0 radical (unpaired) electrons. The summed E-state index contributed by atoms with van der Waals surface area (Å²) in [5.74, 6) is 0.480. The summed E-state index contributed by atoms with van der Waals surface area (Å²) in [4.78, 5) is 14.8. The number of nitrogens with zero attached hydrogens (tertiary/aromatic N) is 2. The van der Waals surface area contributed by atoms with Gasteiger partial charge in [0.15, 0.2) is 0 Å². The Kier molecular flexibility index (Phi) is 6.19. The molecule has 3 aromatic carbocycles. The number of rotatable bonds is 7. The highest BCUT2D eigenvalue weighted by atomic mass is 32.2. The molecule has 166 valence electrons. The van der Waals surface area contributed by atoms with Gasteiger partial charge in [-0.15, -0.1) is 0 Å². The molecule has 0 saturated heterocycles. The predicted octanol–water partition coefficient (Wildman–Crippen LogP) is 4.11. The SMILES string of the molecule is CCOc1ccccc1CN(C)C(=O)c1cccc(S(=O)(=O)N2CCc3ccccc32)c1. The zero-order valence-corrected chi connectivity index (χ0v) is 19.0. The Morgan fingerprint density at radius 3 is 2.59 bits per heavy atom. The topological polar surface area (TPSA) is 66.9 Å². The average Bonchev–Trinajstić information content (AvgIpc) is 3.25. The van der Waals surface area contributed by atoms with Crippen molar-refractivity contribution in [1.29, 1.82) is 0 Å². The molecule has 0 aromatic heterocycles. The molecule has 0 N–H and O–H groups in total. The zero-order valence-electron chi connectivity index (χ0n) is 18.2. The fourth-order valence-electron chi connectivity index (χ4n) is 3.95. The Morgan fingerprint density at radius 1 is 1.03 bits per heavy atom. The van der Waals surface area contributed by atoms with Crippen LogP contribution in [0.4, 0.5) is 5.69 Å². The van der Waals surface area contributed by atoms with Crippen molar-refractivity contribution in [1.82, 2.24) is 4.90 Å². The van der Waals surface area contributed by atoms with E-state index >= 15 is 0 Å². The number of fused-ring (bicyclic) bond motifs is 1. The van der Waals surface area contributed by atoms with Crippen LogP contribution in [0.25, 0.3) is 0 Å². The lowest BCUT2D eigenvalue weighted by atomic mass is 10.1. The van der Waals surface area contributed by atoms with Gasteiger partial charge < -0.3 is 9.64 Å². The van der Waals surface area contributed by atoms with Crippen molar-refractivity contribution < 1.29 is 17.9 Å². The lowest BCUT2D eigenvalue weighted by molar-refractivity contribution is 0.0783. The van der Waals surface area contributed by atoms with Crippen molar-refractivity contribution in [2.45, 2.75) is 24.8 Å². The zero-order chi connectivity index (χ0) is 22.7. The van der Waals surface area contributed by atoms with Gasteiger partial charge >= 0.3 is 0 Å². The van der Waals surface area contributed by atoms with Gasteiger partial charge in [-0.05, 0) is 49.2 Å². The van der Waals surface area contributed by atoms with E-state index in [-0.39, 0.29) is 10.8 Å². The molecule has 1 heterocycles. The molecule has 6 nitrogen and oxygen atoms in total.